The van der Waals surface area contributed by atoms with Gasteiger partial charge in [0.2, 0.25) is 0 Å². The van der Waals surface area contributed by atoms with Gasteiger partial charge in [-0.2, -0.15) is 0 Å². The van der Waals surface area contributed by atoms with Crippen LogP contribution in [0.3, 0.4) is 0 Å². The third kappa shape index (κ3) is 4.71. The molecule has 0 spiro atoms. The number of rotatable bonds is 6. The van der Waals surface area contributed by atoms with Crippen molar-refractivity contribution in [2.75, 3.05) is 13.7 Å². The standard InChI is InChI=1S/C13H18FNO3/c1-9(2)15-7-10-4-5-12(11(14)6-10)18-8-13(16)17-3/h4-6,9,15H,7-8H2,1-3H3. The highest BCUT2D eigenvalue weighted by Crippen LogP contribution is 2.18. The van der Waals surface area contributed by atoms with E-state index < -0.39 is 11.8 Å². The lowest BCUT2D eigenvalue weighted by atomic mass is 10.2. The van der Waals surface area contributed by atoms with Gasteiger partial charge in [0.05, 0.1) is 7.11 Å². The summed E-state index contributed by atoms with van der Waals surface area (Å²) in [4.78, 5) is 10.9. The van der Waals surface area contributed by atoms with Crippen LogP contribution < -0.4 is 10.1 Å². The number of nitrogens with one attached hydrogen (secondary N) is 1. The number of carbonyl (C=O) groups is 1. The van der Waals surface area contributed by atoms with Crippen molar-refractivity contribution in [2.45, 2.75) is 26.4 Å². The van der Waals surface area contributed by atoms with Gasteiger partial charge >= 0.3 is 5.97 Å². The average molecular weight is 255 g/mol. The monoisotopic (exact) mass is 255 g/mol. The Bertz CT molecular complexity index is 407. The van der Waals surface area contributed by atoms with E-state index in [4.69, 9.17) is 4.74 Å². The highest BCUT2D eigenvalue weighted by Gasteiger charge is 2.08. The Balaban J connectivity index is 2.59. The van der Waals surface area contributed by atoms with Crippen molar-refractivity contribution in [1.29, 1.82) is 0 Å². The first-order chi connectivity index (χ1) is 8.52. The van der Waals surface area contributed by atoms with Gasteiger partial charge in [-0.15, -0.1) is 0 Å². The number of ether oxygens (including phenoxy) is 2. The van der Waals surface area contributed by atoms with Crippen LogP contribution >= 0.6 is 0 Å². The van der Waals surface area contributed by atoms with E-state index in [9.17, 15) is 9.18 Å². The molecule has 1 aromatic carbocycles. The van der Waals surface area contributed by atoms with Crippen LogP contribution in [0.4, 0.5) is 4.39 Å². The maximum Gasteiger partial charge on any atom is 0.343 e. The Morgan fingerprint density at radius 2 is 2.17 bits per heavy atom. The third-order valence-corrected chi connectivity index (χ3v) is 2.28. The molecular formula is C13H18FNO3. The van der Waals surface area contributed by atoms with E-state index in [0.717, 1.165) is 5.56 Å². The van der Waals surface area contributed by atoms with Crippen molar-refractivity contribution in [2.24, 2.45) is 0 Å². The summed E-state index contributed by atoms with van der Waals surface area (Å²) >= 11 is 0. The smallest absolute Gasteiger partial charge is 0.343 e. The zero-order valence-corrected chi connectivity index (χ0v) is 10.8. The number of halogens is 1. The van der Waals surface area contributed by atoms with E-state index in [1.54, 1.807) is 6.07 Å². The normalized spacial score (nSPS) is 10.5. The fourth-order valence-electron chi connectivity index (χ4n) is 1.29. The second-order valence-corrected chi connectivity index (χ2v) is 4.17. The fourth-order valence-corrected chi connectivity index (χ4v) is 1.29. The van der Waals surface area contributed by atoms with Crippen molar-refractivity contribution in [3.63, 3.8) is 0 Å². The Labute approximate surface area is 106 Å². The van der Waals surface area contributed by atoms with E-state index in [1.807, 2.05) is 13.8 Å². The van der Waals surface area contributed by atoms with Crippen LogP contribution in [0.1, 0.15) is 19.4 Å². The van der Waals surface area contributed by atoms with Crippen molar-refractivity contribution in [1.82, 2.24) is 5.32 Å². The predicted octanol–water partition coefficient (Wildman–Crippen LogP) is 1.88. The molecule has 0 aliphatic heterocycles. The minimum atomic E-state index is -0.542. The zero-order valence-electron chi connectivity index (χ0n) is 10.8. The Kier molecular flexibility index (Phi) is 5.58. The topological polar surface area (TPSA) is 47.6 Å². The highest BCUT2D eigenvalue weighted by molar-refractivity contribution is 5.70. The minimum Gasteiger partial charge on any atom is -0.479 e. The Hall–Kier alpha value is -1.62. The number of methoxy groups -OCH3 is 1. The maximum absolute atomic E-state index is 13.6. The van der Waals surface area contributed by atoms with Crippen LogP contribution in [0.25, 0.3) is 0 Å². The first-order valence-corrected chi connectivity index (χ1v) is 5.74. The number of carbonyl (C=O) groups excluding carboxylic acids is 1. The van der Waals surface area contributed by atoms with Crippen molar-refractivity contribution in [3.05, 3.63) is 29.6 Å². The second kappa shape index (κ2) is 6.96. The van der Waals surface area contributed by atoms with Gasteiger partial charge in [0.25, 0.3) is 0 Å². The number of benzene rings is 1. The minimum absolute atomic E-state index is 0.0497. The first kappa shape index (κ1) is 14.4. The van der Waals surface area contributed by atoms with E-state index >= 15 is 0 Å². The van der Waals surface area contributed by atoms with Crippen LogP contribution in [0.5, 0.6) is 5.75 Å². The van der Waals surface area contributed by atoms with Crippen molar-refractivity contribution < 1.29 is 18.7 Å². The number of hydrogen-bond acceptors (Lipinski definition) is 4. The highest BCUT2D eigenvalue weighted by atomic mass is 19.1. The van der Waals surface area contributed by atoms with Crippen LogP contribution in [0.2, 0.25) is 0 Å². The molecule has 0 atom stereocenters. The van der Waals surface area contributed by atoms with E-state index in [2.05, 4.69) is 10.1 Å². The summed E-state index contributed by atoms with van der Waals surface area (Å²) in [5.41, 5.74) is 0.826. The molecule has 0 aromatic heterocycles. The molecule has 1 aromatic rings. The van der Waals surface area contributed by atoms with Gasteiger partial charge in [-0.05, 0) is 17.7 Å². The molecule has 1 N–H and O–H groups in total. The molecule has 0 saturated heterocycles. The van der Waals surface area contributed by atoms with Gasteiger partial charge in [-0.25, -0.2) is 9.18 Å². The summed E-state index contributed by atoms with van der Waals surface area (Å²) in [6.45, 7) is 4.33. The van der Waals surface area contributed by atoms with E-state index in [0.29, 0.717) is 12.6 Å². The van der Waals surface area contributed by atoms with Gasteiger partial charge in [-0.1, -0.05) is 19.9 Å². The van der Waals surface area contributed by atoms with Crippen molar-refractivity contribution in [3.8, 4) is 5.75 Å². The summed E-state index contributed by atoms with van der Waals surface area (Å²) in [7, 11) is 1.25. The molecule has 0 radical (unpaired) electrons. The first-order valence-electron chi connectivity index (χ1n) is 5.74. The summed E-state index contributed by atoms with van der Waals surface area (Å²) < 4.78 is 23.0. The molecule has 0 amide bonds. The van der Waals surface area contributed by atoms with E-state index in [-0.39, 0.29) is 12.4 Å². The van der Waals surface area contributed by atoms with Gasteiger partial charge in [-0.3, -0.25) is 0 Å². The third-order valence-electron chi connectivity index (χ3n) is 2.28. The van der Waals surface area contributed by atoms with Gasteiger partial charge < -0.3 is 14.8 Å². The molecule has 0 fully saturated rings. The summed E-state index contributed by atoms with van der Waals surface area (Å²) in [5, 5.41) is 3.19. The quantitative estimate of drug-likeness (QED) is 0.788. The fraction of sp³-hybridized carbons (Fsp3) is 0.462. The molecular weight excluding hydrogens is 237 g/mol. The van der Waals surface area contributed by atoms with Crippen LogP contribution in [-0.2, 0) is 16.1 Å². The number of hydrogen-bond donors (Lipinski definition) is 1. The average Bonchev–Trinajstić information content (AvgIpc) is 2.34. The predicted molar refractivity (Wildman–Crippen MR) is 65.9 cm³/mol. The number of esters is 1. The van der Waals surface area contributed by atoms with E-state index in [1.165, 1.54) is 19.2 Å². The lowest BCUT2D eigenvalue weighted by molar-refractivity contribution is -0.142. The molecule has 100 valence electrons. The molecule has 0 aliphatic rings. The second-order valence-electron chi connectivity index (χ2n) is 4.17. The Morgan fingerprint density at radius 3 is 2.72 bits per heavy atom. The molecule has 4 nitrogen and oxygen atoms in total. The molecule has 1 rings (SSSR count). The Morgan fingerprint density at radius 1 is 1.44 bits per heavy atom. The molecule has 0 heterocycles. The molecule has 0 bridgehead atoms. The summed E-state index contributed by atoms with van der Waals surface area (Å²) in [6, 6.07) is 4.99. The summed E-state index contributed by atoms with van der Waals surface area (Å²) in [5.74, 6) is -0.976. The SMILES string of the molecule is COC(=O)COc1ccc(CNC(C)C)cc1F. The zero-order chi connectivity index (χ0) is 13.5. The van der Waals surface area contributed by atoms with Gasteiger partial charge in [0.15, 0.2) is 18.2 Å². The molecule has 0 saturated carbocycles. The molecule has 0 aliphatic carbocycles. The van der Waals surface area contributed by atoms with Gasteiger partial charge in [0.1, 0.15) is 0 Å². The molecule has 5 heteroatoms. The van der Waals surface area contributed by atoms with Crippen LogP contribution in [-0.4, -0.2) is 25.7 Å². The lowest BCUT2D eigenvalue weighted by Gasteiger charge is -2.10. The molecule has 0 unspecified atom stereocenters. The largest absolute Gasteiger partial charge is 0.479 e. The molecule has 18 heavy (non-hydrogen) atoms. The summed E-state index contributed by atoms with van der Waals surface area (Å²) in [6.07, 6.45) is 0. The lowest BCUT2D eigenvalue weighted by Crippen LogP contribution is -2.21. The van der Waals surface area contributed by atoms with Crippen LogP contribution in [0.15, 0.2) is 18.2 Å². The van der Waals surface area contributed by atoms with Gasteiger partial charge in [0, 0.05) is 12.6 Å². The maximum atomic E-state index is 13.6. The van der Waals surface area contributed by atoms with Crippen molar-refractivity contribution >= 4 is 5.97 Å². The van der Waals surface area contributed by atoms with Crippen LogP contribution in [0, 0.1) is 5.82 Å².